The second kappa shape index (κ2) is 7.04. The Morgan fingerprint density at radius 3 is 2.48 bits per heavy atom. The van der Waals surface area contributed by atoms with Gasteiger partial charge >= 0.3 is 29.6 Å². The van der Waals surface area contributed by atoms with Crippen LogP contribution in [0.1, 0.15) is 0 Å². The number of methoxy groups -OCH3 is 1. The standard InChI is InChI=1S/C15H13N3OS.Na/c1-19-13-9-5-6-11(10-13)14-16-17-15(20)18(14)12-7-3-2-4-8-12;/h2-10H,1H3,(H,17,20);/q;+1/p-1. The smallest absolute Gasteiger partial charge is 0.740 e. The topological polar surface area (TPSA) is 39.9 Å². The van der Waals surface area contributed by atoms with E-state index in [0.717, 1.165) is 17.0 Å². The zero-order chi connectivity index (χ0) is 13.9. The van der Waals surface area contributed by atoms with Gasteiger partial charge in [-0.2, -0.15) is 5.10 Å². The van der Waals surface area contributed by atoms with E-state index >= 15 is 0 Å². The Morgan fingerprint density at radius 1 is 1.00 bits per heavy atom. The van der Waals surface area contributed by atoms with E-state index in [9.17, 15) is 0 Å². The first-order valence-corrected chi connectivity index (χ1v) is 6.52. The van der Waals surface area contributed by atoms with E-state index in [-0.39, 0.29) is 29.6 Å². The van der Waals surface area contributed by atoms with Gasteiger partial charge in [0.1, 0.15) is 5.75 Å². The molecule has 1 aromatic heterocycles. The van der Waals surface area contributed by atoms with Gasteiger partial charge in [-0.05, 0) is 24.3 Å². The average Bonchev–Trinajstić information content (AvgIpc) is 2.90. The van der Waals surface area contributed by atoms with Gasteiger partial charge in [0.2, 0.25) is 0 Å². The molecule has 0 saturated heterocycles. The molecule has 100 valence electrons. The summed E-state index contributed by atoms with van der Waals surface area (Å²) in [6.45, 7) is 0. The fourth-order valence-electron chi connectivity index (χ4n) is 2.03. The summed E-state index contributed by atoms with van der Waals surface area (Å²) < 4.78 is 7.10. The minimum Gasteiger partial charge on any atom is -0.740 e. The van der Waals surface area contributed by atoms with Crippen LogP contribution < -0.4 is 34.3 Å². The molecule has 3 rings (SSSR count). The zero-order valence-corrected chi connectivity index (χ0v) is 14.7. The van der Waals surface area contributed by atoms with Crippen LogP contribution in [0, 0.1) is 0 Å². The van der Waals surface area contributed by atoms with Crippen molar-refractivity contribution in [3.05, 3.63) is 54.6 Å². The van der Waals surface area contributed by atoms with E-state index in [1.54, 1.807) is 7.11 Å². The first-order valence-electron chi connectivity index (χ1n) is 6.12. The van der Waals surface area contributed by atoms with E-state index in [1.165, 1.54) is 0 Å². The predicted molar refractivity (Wildman–Crippen MR) is 79.0 cm³/mol. The van der Waals surface area contributed by atoms with Crippen molar-refractivity contribution in [3.63, 3.8) is 0 Å². The van der Waals surface area contributed by atoms with Gasteiger partial charge in [-0.3, -0.25) is 4.57 Å². The summed E-state index contributed by atoms with van der Waals surface area (Å²) >= 11 is 5.27. The SMILES string of the molecule is COc1cccc(-c2nnc([S-])n2-c2ccccc2)c1.[Na+]. The van der Waals surface area contributed by atoms with Crippen LogP contribution >= 0.6 is 0 Å². The van der Waals surface area contributed by atoms with Gasteiger partial charge in [0, 0.05) is 16.4 Å². The molecule has 0 bridgehead atoms. The number of nitrogens with zero attached hydrogens (tertiary/aromatic N) is 3. The number of ether oxygens (including phenoxy) is 1. The molecule has 0 unspecified atom stereocenters. The number of para-hydroxylation sites is 1. The van der Waals surface area contributed by atoms with E-state index < -0.39 is 0 Å². The van der Waals surface area contributed by atoms with Gasteiger partial charge in [-0.25, -0.2) is 0 Å². The fraction of sp³-hybridized carbons (Fsp3) is 0.0667. The number of hydrogen-bond donors (Lipinski definition) is 0. The molecule has 0 aliphatic heterocycles. The van der Waals surface area contributed by atoms with Gasteiger partial charge in [0.15, 0.2) is 5.82 Å². The van der Waals surface area contributed by atoms with Crippen LogP contribution in [0.5, 0.6) is 5.75 Å². The predicted octanol–water partition coefficient (Wildman–Crippen LogP) is -0.147. The number of rotatable bonds is 3. The summed E-state index contributed by atoms with van der Waals surface area (Å²) in [5.74, 6) is 1.48. The summed E-state index contributed by atoms with van der Waals surface area (Å²) in [5.41, 5.74) is 1.86. The third kappa shape index (κ3) is 3.27. The van der Waals surface area contributed by atoms with E-state index in [1.807, 2.05) is 59.2 Å². The van der Waals surface area contributed by atoms with Crippen molar-refractivity contribution in [1.82, 2.24) is 14.8 Å². The third-order valence-corrected chi connectivity index (χ3v) is 3.24. The quantitative estimate of drug-likeness (QED) is 0.498. The van der Waals surface area contributed by atoms with Crippen molar-refractivity contribution in [2.24, 2.45) is 0 Å². The molecule has 0 atom stereocenters. The molecule has 4 nitrogen and oxygen atoms in total. The Hall–Kier alpha value is -1.40. The first-order chi connectivity index (χ1) is 9.79. The van der Waals surface area contributed by atoms with Crippen molar-refractivity contribution in [2.45, 2.75) is 5.16 Å². The molecule has 3 aromatic rings. The summed E-state index contributed by atoms with van der Waals surface area (Å²) in [6.07, 6.45) is 0. The number of hydrogen-bond acceptors (Lipinski definition) is 4. The molecule has 0 aliphatic rings. The molecular weight excluding hydrogens is 293 g/mol. The minimum absolute atomic E-state index is 0. The molecule has 6 heteroatoms. The Bertz CT molecular complexity index is 731. The second-order valence-corrected chi connectivity index (χ2v) is 4.57. The molecule has 0 aliphatic carbocycles. The van der Waals surface area contributed by atoms with E-state index in [2.05, 4.69) is 10.2 Å². The maximum atomic E-state index is 5.27. The van der Waals surface area contributed by atoms with Crippen LogP contribution in [-0.4, -0.2) is 21.9 Å². The Labute approximate surface area is 150 Å². The summed E-state index contributed by atoms with van der Waals surface area (Å²) in [5, 5.41) is 8.64. The van der Waals surface area contributed by atoms with Crippen LogP contribution in [0.25, 0.3) is 17.1 Å². The van der Waals surface area contributed by atoms with E-state index in [4.69, 9.17) is 17.4 Å². The molecule has 2 aromatic carbocycles. The maximum absolute atomic E-state index is 5.27. The van der Waals surface area contributed by atoms with Crippen LogP contribution in [0.15, 0.2) is 59.8 Å². The first kappa shape index (κ1) is 16.0. The fourth-order valence-corrected chi connectivity index (χ4v) is 2.26. The van der Waals surface area contributed by atoms with Gasteiger partial charge < -0.3 is 17.4 Å². The molecular formula is C15H12N3NaOS. The van der Waals surface area contributed by atoms with Crippen molar-refractivity contribution in [2.75, 3.05) is 7.11 Å². The van der Waals surface area contributed by atoms with Crippen molar-refractivity contribution in [1.29, 1.82) is 0 Å². The molecule has 0 spiro atoms. The normalized spacial score (nSPS) is 9.95. The van der Waals surface area contributed by atoms with Gasteiger partial charge in [0.05, 0.1) is 7.11 Å². The molecule has 0 N–H and O–H groups in total. The van der Waals surface area contributed by atoms with Crippen LogP contribution in [0.2, 0.25) is 0 Å². The number of benzene rings is 2. The Morgan fingerprint density at radius 2 is 1.76 bits per heavy atom. The van der Waals surface area contributed by atoms with Crippen LogP contribution in [0.3, 0.4) is 0 Å². The Balaban J connectivity index is 0.00000161. The molecule has 0 fully saturated rings. The maximum Gasteiger partial charge on any atom is 1.00 e. The van der Waals surface area contributed by atoms with Gasteiger partial charge in [0.25, 0.3) is 0 Å². The third-order valence-electron chi connectivity index (χ3n) is 2.98. The summed E-state index contributed by atoms with van der Waals surface area (Å²) in [4.78, 5) is 0. The second-order valence-electron chi connectivity index (χ2n) is 4.21. The molecule has 0 amide bonds. The molecule has 0 radical (unpaired) electrons. The van der Waals surface area contributed by atoms with Crippen LogP contribution in [0.4, 0.5) is 0 Å². The Kier molecular flexibility index (Phi) is 5.36. The summed E-state index contributed by atoms with van der Waals surface area (Å²) in [6, 6.07) is 17.5. The van der Waals surface area contributed by atoms with Crippen molar-refractivity contribution < 1.29 is 34.3 Å². The monoisotopic (exact) mass is 305 g/mol. The minimum atomic E-state index is 0. The molecule has 0 saturated carbocycles. The van der Waals surface area contributed by atoms with E-state index in [0.29, 0.717) is 11.0 Å². The van der Waals surface area contributed by atoms with Gasteiger partial charge in [-0.1, -0.05) is 30.3 Å². The zero-order valence-electron chi connectivity index (χ0n) is 11.9. The van der Waals surface area contributed by atoms with Crippen LogP contribution in [-0.2, 0) is 12.6 Å². The van der Waals surface area contributed by atoms with Crippen molar-refractivity contribution >= 4 is 12.6 Å². The van der Waals surface area contributed by atoms with Crippen molar-refractivity contribution in [3.8, 4) is 22.8 Å². The summed E-state index contributed by atoms with van der Waals surface area (Å²) in [7, 11) is 1.64. The van der Waals surface area contributed by atoms with Gasteiger partial charge in [-0.15, -0.1) is 5.10 Å². The largest absolute Gasteiger partial charge is 1.00 e. The number of aromatic nitrogens is 3. The average molecular weight is 305 g/mol. The molecule has 1 heterocycles. The molecule has 21 heavy (non-hydrogen) atoms.